The minimum atomic E-state index is -0.849. The van der Waals surface area contributed by atoms with Gasteiger partial charge >= 0.3 is 0 Å². The lowest BCUT2D eigenvalue weighted by atomic mass is 9.89. The van der Waals surface area contributed by atoms with Gasteiger partial charge in [-0.15, -0.1) is 0 Å². The third-order valence-corrected chi connectivity index (χ3v) is 8.65. The maximum absolute atomic E-state index is 13.5. The second-order valence-electron chi connectivity index (χ2n) is 12.2. The summed E-state index contributed by atoms with van der Waals surface area (Å²) in [6.45, 7) is 4.17. The second kappa shape index (κ2) is 17.6. The number of rotatable bonds is 14. The number of carbonyl (C=O) groups is 1. The molecule has 1 fully saturated rings. The highest BCUT2D eigenvalue weighted by Crippen LogP contribution is 2.32. The third kappa shape index (κ3) is 9.54. The van der Waals surface area contributed by atoms with Crippen LogP contribution in [0.25, 0.3) is 11.1 Å². The zero-order chi connectivity index (χ0) is 33.7. The molecule has 1 aliphatic heterocycles. The summed E-state index contributed by atoms with van der Waals surface area (Å²) in [5.41, 5.74) is 6.48. The Bertz CT molecular complexity index is 1640. The number of nitrogens with zero attached hydrogens (tertiary/aromatic N) is 2. The van der Waals surface area contributed by atoms with Crippen molar-refractivity contribution in [1.82, 2.24) is 15.7 Å². The van der Waals surface area contributed by atoms with E-state index in [1.807, 2.05) is 67.7 Å². The van der Waals surface area contributed by atoms with Crippen molar-refractivity contribution >= 4 is 11.6 Å². The van der Waals surface area contributed by atoms with E-state index >= 15 is 0 Å². The summed E-state index contributed by atoms with van der Waals surface area (Å²) in [4.78, 5) is 21.7. The smallest absolute Gasteiger partial charge is 0.240 e. The number of benzene rings is 4. The van der Waals surface area contributed by atoms with Gasteiger partial charge in [-0.25, -0.2) is 0 Å². The molecule has 0 unspecified atom stereocenters. The van der Waals surface area contributed by atoms with Crippen molar-refractivity contribution < 1.29 is 19.8 Å². The fourth-order valence-electron chi connectivity index (χ4n) is 6.11. The van der Waals surface area contributed by atoms with E-state index in [9.17, 15) is 15.0 Å². The minimum absolute atomic E-state index is 0.226. The Labute approximate surface area is 284 Å². The summed E-state index contributed by atoms with van der Waals surface area (Å²) >= 11 is 0. The summed E-state index contributed by atoms with van der Waals surface area (Å²) in [5, 5.41) is 28.7. The molecule has 1 aliphatic rings. The molecule has 0 aromatic heterocycles. The van der Waals surface area contributed by atoms with Crippen molar-refractivity contribution in [3.63, 3.8) is 0 Å². The molecule has 0 spiro atoms. The molecule has 0 bridgehead atoms. The first kappa shape index (κ1) is 34.8. The highest BCUT2D eigenvalue weighted by Gasteiger charge is 2.49. The van der Waals surface area contributed by atoms with Crippen molar-refractivity contribution in [2.24, 2.45) is 5.92 Å². The maximum atomic E-state index is 13.5. The van der Waals surface area contributed by atoms with Crippen LogP contribution in [0.2, 0.25) is 0 Å². The molecular formula is C40H46N4O4. The van der Waals surface area contributed by atoms with Gasteiger partial charge in [0.2, 0.25) is 5.91 Å². The Morgan fingerprint density at radius 1 is 0.938 bits per heavy atom. The lowest BCUT2D eigenvalue weighted by molar-refractivity contribution is -0.181. The van der Waals surface area contributed by atoms with Crippen LogP contribution in [0.4, 0.5) is 5.69 Å². The number of carbonyl (C=O) groups excluding carboxylic acids is 1. The Morgan fingerprint density at radius 2 is 1.65 bits per heavy atom. The average molecular weight is 647 g/mol. The number of nitrogens with one attached hydrogen (secondary N) is 2. The van der Waals surface area contributed by atoms with Crippen LogP contribution in [0, 0.1) is 17.8 Å². The number of amides is 1. The molecule has 4 atom stereocenters. The van der Waals surface area contributed by atoms with Crippen molar-refractivity contribution in [3.8, 4) is 23.0 Å². The van der Waals surface area contributed by atoms with Crippen molar-refractivity contribution in [1.29, 1.82) is 0 Å². The van der Waals surface area contributed by atoms with E-state index in [4.69, 9.17) is 4.84 Å². The standard InChI is InChI=1S/C40H46N4O4/c1-30(46)38-37(29-45)48-44(39(38)40(47)42-24-11-25-43(2)36-17-7-4-8-18-36)28-33-13-9-12-31(26-33)14-10-23-41-27-32-19-21-35(22-20-32)34-15-5-3-6-16-34/h3-9,12-13,15-22,26,30,37-39,41,45-46H,11,23-25,27-29H2,1-2H3,(H,42,47)/t30-,37-,38+,39-/m1/s1. The molecule has 1 amide bonds. The molecule has 5 rings (SSSR count). The van der Waals surface area contributed by atoms with E-state index in [1.165, 1.54) is 16.7 Å². The van der Waals surface area contributed by atoms with Gasteiger partial charge in [-0.1, -0.05) is 96.8 Å². The fraction of sp³-hybridized carbons (Fsp3) is 0.325. The van der Waals surface area contributed by atoms with E-state index in [-0.39, 0.29) is 12.5 Å². The summed E-state index contributed by atoms with van der Waals surface area (Å²) in [6.07, 6.45) is -0.781. The molecule has 4 aromatic carbocycles. The monoisotopic (exact) mass is 646 g/mol. The predicted molar refractivity (Wildman–Crippen MR) is 191 cm³/mol. The number of hydrogen-bond acceptors (Lipinski definition) is 7. The molecule has 1 saturated heterocycles. The van der Waals surface area contributed by atoms with Crippen molar-refractivity contribution in [2.75, 3.05) is 38.2 Å². The Balaban J connectivity index is 1.14. The first-order valence-corrected chi connectivity index (χ1v) is 16.6. The highest BCUT2D eigenvalue weighted by atomic mass is 16.7. The van der Waals surface area contributed by atoms with Gasteiger partial charge in [-0.05, 0) is 59.9 Å². The van der Waals surface area contributed by atoms with Gasteiger partial charge in [0.05, 0.1) is 25.8 Å². The predicted octanol–water partition coefficient (Wildman–Crippen LogP) is 4.61. The van der Waals surface area contributed by atoms with E-state index in [0.29, 0.717) is 19.6 Å². The zero-order valence-corrected chi connectivity index (χ0v) is 27.8. The van der Waals surface area contributed by atoms with Crippen LogP contribution >= 0.6 is 0 Å². The molecule has 1 heterocycles. The van der Waals surface area contributed by atoms with Crippen LogP contribution in [0.1, 0.15) is 30.0 Å². The molecular weight excluding hydrogens is 600 g/mol. The summed E-state index contributed by atoms with van der Waals surface area (Å²) in [5.74, 6) is 5.63. The van der Waals surface area contributed by atoms with Crippen LogP contribution in [0.5, 0.6) is 0 Å². The molecule has 0 radical (unpaired) electrons. The van der Waals surface area contributed by atoms with E-state index in [1.54, 1.807) is 12.0 Å². The van der Waals surface area contributed by atoms with Gasteiger partial charge < -0.3 is 25.7 Å². The summed E-state index contributed by atoms with van der Waals surface area (Å²) < 4.78 is 0. The number of hydrogen-bond donors (Lipinski definition) is 4. The van der Waals surface area contributed by atoms with Gasteiger partial charge in [0.1, 0.15) is 12.1 Å². The zero-order valence-electron chi connectivity index (χ0n) is 27.8. The van der Waals surface area contributed by atoms with Crippen LogP contribution in [-0.4, -0.2) is 72.7 Å². The molecule has 8 heteroatoms. The van der Waals surface area contributed by atoms with Crippen LogP contribution in [0.15, 0.2) is 109 Å². The third-order valence-electron chi connectivity index (χ3n) is 8.65. The molecule has 4 aromatic rings. The number of aliphatic hydroxyl groups is 2. The molecule has 0 saturated carbocycles. The molecule has 4 N–H and O–H groups in total. The maximum Gasteiger partial charge on any atom is 0.240 e. The number of hydroxylamine groups is 2. The van der Waals surface area contributed by atoms with Gasteiger partial charge in [0.15, 0.2) is 0 Å². The summed E-state index contributed by atoms with van der Waals surface area (Å²) in [7, 11) is 2.03. The van der Waals surface area contributed by atoms with E-state index < -0.39 is 24.2 Å². The second-order valence-corrected chi connectivity index (χ2v) is 12.2. The summed E-state index contributed by atoms with van der Waals surface area (Å²) in [6, 6.07) is 36.1. The first-order valence-electron chi connectivity index (χ1n) is 16.6. The number of anilines is 1. The quantitative estimate of drug-likeness (QED) is 0.117. The molecule has 8 nitrogen and oxygen atoms in total. The van der Waals surface area contributed by atoms with E-state index in [0.717, 1.165) is 36.3 Å². The van der Waals surface area contributed by atoms with Gasteiger partial charge in [0.25, 0.3) is 0 Å². The lowest BCUT2D eigenvalue weighted by Gasteiger charge is -2.26. The molecule has 250 valence electrons. The SMILES string of the molecule is C[C@@H](O)[C@H]1[C@@H](CO)ON(Cc2cccc(C#CCNCc3ccc(-c4ccccc4)cc3)c2)[C@H]1C(=O)NCCCN(C)c1ccccc1. The Morgan fingerprint density at radius 3 is 2.35 bits per heavy atom. The largest absolute Gasteiger partial charge is 0.394 e. The minimum Gasteiger partial charge on any atom is -0.394 e. The van der Waals surface area contributed by atoms with Gasteiger partial charge in [0, 0.05) is 43.9 Å². The average Bonchev–Trinajstić information content (AvgIpc) is 3.49. The number of aliphatic hydroxyl groups excluding tert-OH is 2. The highest BCUT2D eigenvalue weighted by molar-refractivity contribution is 5.82. The number of para-hydroxylation sites is 1. The van der Waals surface area contributed by atoms with Gasteiger partial charge in [-0.2, -0.15) is 5.06 Å². The molecule has 48 heavy (non-hydrogen) atoms. The van der Waals surface area contributed by atoms with Gasteiger partial charge in [-0.3, -0.25) is 9.63 Å². The normalized spacial score (nSPS) is 18.1. The van der Waals surface area contributed by atoms with E-state index in [2.05, 4.69) is 75.9 Å². The fourth-order valence-corrected chi connectivity index (χ4v) is 6.11. The Kier molecular flexibility index (Phi) is 12.8. The van der Waals surface area contributed by atoms with Crippen LogP contribution in [-0.2, 0) is 22.7 Å². The topological polar surface area (TPSA) is 97.3 Å². The van der Waals surface area contributed by atoms with Crippen molar-refractivity contribution in [3.05, 3.63) is 126 Å². The van der Waals surface area contributed by atoms with Crippen LogP contribution in [0.3, 0.4) is 0 Å². The van der Waals surface area contributed by atoms with Crippen LogP contribution < -0.4 is 15.5 Å². The Hall–Kier alpha value is -4.49. The molecule has 0 aliphatic carbocycles. The van der Waals surface area contributed by atoms with Crippen molar-refractivity contribution in [2.45, 2.75) is 44.7 Å². The first-order chi connectivity index (χ1) is 23.4. The lowest BCUT2D eigenvalue weighted by Crippen LogP contribution is -2.49.